The van der Waals surface area contributed by atoms with E-state index in [-0.39, 0.29) is 11.5 Å². The van der Waals surface area contributed by atoms with Crippen LogP contribution in [0, 0.1) is 0 Å². The van der Waals surface area contributed by atoms with E-state index >= 15 is 0 Å². The molecule has 0 aliphatic heterocycles. The monoisotopic (exact) mass is 234 g/mol. The van der Waals surface area contributed by atoms with Crippen molar-refractivity contribution in [2.45, 2.75) is 51.0 Å². The molecule has 0 spiro atoms. The number of benzene rings is 1. The normalized spacial score (nSPS) is 18.8. The molecule has 0 amide bonds. The van der Waals surface area contributed by atoms with Crippen LogP contribution >= 0.6 is 0 Å². The van der Waals surface area contributed by atoms with E-state index in [1.54, 1.807) is 6.07 Å². The molecule has 2 nitrogen and oxygen atoms in total. The second kappa shape index (κ2) is 5.09. The Morgan fingerprint density at radius 3 is 2.59 bits per heavy atom. The lowest BCUT2D eigenvalue weighted by Crippen LogP contribution is -2.30. The third-order valence-corrected chi connectivity index (χ3v) is 3.71. The summed E-state index contributed by atoms with van der Waals surface area (Å²) in [5, 5.41) is 9.62. The molecule has 1 aromatic carbocycles. The van der Waals surface area contributed by atoms with Crippen LogP contribution in [0.15, 0.2) is 24.3 Å². The molecule has 0 heterocycles. The van der Waals surface area contributed by atoms with Gasteiger partial charge in [-0.1, -0.05) is 25.0 Å². The second-order valence-corrected chi connectivity index (χ2v) is 5.40. The molecule has 0 unspecified atom stereocenters. The van der Waals surface area contributed by atoms with Gasteiger partial charge in [-0.2, -0.15) is 0 Å². The quantitative estimate of drug-likeness (QED) is 0.862. The van der Waals surface area contributed by atoms with Crippen molar-refractivity contribution in [2.24, 2.45) is 0 Å². The number of ether oxygens (including phenoxy) is 1. The van der Waals surface area contributed by atoms with Crippen molar-refractivity contribution in [3.8, 4) is 5.75 Å². The highest BCUT2D eigenvalue weighted by Gasteiger charge is 2.36. The lowest BCUT2D eigenvalue weighted by Gasteiger charge is -2.30. The molecular formula is C15H22O2. The van der Waals surface area contributed by atoms with Gasteiger partial charge in [-0.05, 0) is 44.4 Å². The van der Waals surface area contributed by atoms with Crippen molar-refractivity contribution in [3.63, 3.8) is 0 Å². The zero-order valence-corrected chi connectivity index (χ0v) is 10.8. The molecule has 2 heteroatoms. The first kappa shape index (κ1) is 12.4. The zero-order chi connectivity index (χ0) is 12.3. The van der Waals surface area contributed by atoms with Gasteiger partial charge < -0.3 is 9.84 Å². The van der Waals surface area contributed by atoms with Gasteiger partial charge in [-0.15, -0.1) is 0 Å². The Bertz CT molecular complexity index is 365. The van der Waals surface area contributed by atoms with Gasteiger partial charge in [0.15, 0.2) is 0 Å². The number of hydrogen-bond acceptors (Lipinski definition) is 2. The maximum absolute atomic E-state index is 9.62. The lowest BCUT2D eigenvalue weighted by atomic mass is 9.79. The molecule has 94 valence electrons. The summed E-state index contributed by atoms with van der Waals surface area (Å²) in [6, 6.07) is 7.68. The van der Waals surface area contributed by atoms with Gasteiger partial charge in [0.2, 0.25) is 0 Å². The minimum absolute atomic E-state index is 0.128. The third-order valence-electron chi connectivity index (χ3n) is 3.71. The van der Waals surface area contributed by atoms with Crippen molar-refractivity contribution in [2.75, 3.05) is 6.61 Å². The molecule has 0 bridgehead atoms. The van der Waals surface area contributed by atoms with Gasteiger partial charge in [0.1, 0.15) is 5.75 Å². The Morgan fingerprint density at radius 2 is 2.00 bits per heavy atom. The zero-order valence-electron chi connectivity index (χ0n) is 10.8. The summed E-state index contributed by atoms with van der Waals surface area (Å²) in [5.41, 5.74) is 1.36. The van der Waals surface area contributed by atoms with E-state index < -0.39 is 0 Å². The Hall–Kier alpha value is -1.02. The fourth-order valence-corrected chi connectivity index (χ4v) is 2.73. The van der Waals surface area contributed by atoms with Crippen molar-refractivity contribution in [1.82, 2.24) is 0 Å². The first-order valence-corrected chi connectivity index (χ1v) is 6.53. The molecule has 0 aromatic heterocycles. The smallest absolute Gasteiger partial charge is 0.115 e. The molecule has 1 saturated carbocycles. The van der Waals surface area contributed by atoms with Crippen molar-refractivity contribution in [3.05, 3.63) is 29.8 Å². The standard InChI is InChI=1S/C15H22O2/c1-12(2)17-11-15(8-3-4-9-15)13-6-5-7-14(16)10-13/h5-7,10,12,16H,3-4,8-9,11H2,1-2H3. The van der Waals surface area contributed by atoms with Crippen molar-refractivity contribution >= 4 is 0 Å². The van der Waals surface area contributed by atoms with E-state index in [0.717, 1.165) is 6.61 Å². The van der Waals surface area contributed by atoms with Gasteiger partial charge >= 0.3 is 0 Å². The van der Waals surface area contributed by atoms with Crippen LogP contribution in [0.2, 0.25) is 0 Å². The minimum Gasteiger partial charge on any atom is -0.508 e. The third kappa shape index (κ3) is 2.81. The Kier molecular flexibility index (Phi) is 3.72. The minimum atomic E-state index is 0.128. The molecule has 1 fully saturated rings. The summed E-state index contributed by atoms with van der Waals surface area (Å²) in [5.74, 6) is 0.360. The maximum atomic E-state index is 9.62. The van der Waals surface area contributed by atoms with E-state index in [2.05, 4.69) is 19.9 Å². The molecule has 1 aromatic rings. The number of phenols is 1. The highest BCUT2D eigenvalue weighted by molar-refractivity contribution is 5.34. The van der Waals surface area contributed by atoms with Crippen LogP contribution in [0.1, 0.15) is 45.1 Å². The van der Waals surface area contributed by atoms with Gasteiger partial charge in [0.05, 0.1) is 12.7 Å². The molecule has 1 aliphatic rings. The van der Waals surface area contributed by atoms with E-state index in [9.17, 15) is 5.11 Å². The molecule has 0 radical (unpaired) electrons. The van der Waals surface area contributed by atoms with Gasteiger partial charge in [0, 0.05) is 5.41 Å². The van der Waals surface area contributed by atoms with E-state index in [1.807, 2.05) is 12.1 Å². The van der Waals surface area contributed by atoms with E-state index in [0.29, 0.717) is 5.75 Å². The topological polar surface area (TPSA) is 29.5 Å². The summed E-state index contributed by atoms with van der Waals surface area (Å²) in [4.78, 5) is 0. The number of phenolic OH excluding ortho intramolecular Hbond substituents is 1. The molecular weight excluding hydrogens is 212 g/mol. The summed E-state index contributed by atoms with van der Waals surface area (Å²) in [7, 11) is 0. The van der Waals surface area contributed by atoms with Gasteiger partial charge in [-0.3, -0.25) is 0 Å². The van der Waals surface area contributed by atoms with Crippen LogP contribution in [0.5, 0.6) is 5.75 Å². The largest absolute Gasteiger partial charge is 0.508 e. The van der Waals surface area contributed by atoms with Crippen LogP contribution in [0.3, 0.4) is 0 Å². The van der Waals surface area contributed by atoms with Crippen LogP contribution in [0.4, 0.5) is 0 Å². The summed E-state index contributed by atoms with van der Waals surface area (Å²) in [6.07, 6.45) is 5.13. The maximum Gasteiger partial charge on any atom is 0.115 e. The second-order valence-electron chi connectivity index (χ2n) is 5.40. The highest BCUT2D eigenvalue weighted by atomic mass is 16.5. The van der Waals surface area contributed by atoms with Crippen LogP contribution in [-0.2, 0) is 10.2 Å². The average molecular weight is 234 g/mol. The molecule has 2 rings (SSSR count). The first-order chi connectivity index (χ1) is 8.12. The fraction of sp³-hybridized carbons (Fsp3) is 0.600. The molecule has 1 aliphatic carbocycles. The van der Waals surface area contributed by atoms with Crippen LogP contribution in [0.25, 0.3) is 0 Å². The van der Waals surface area contributed by atoms with Gasteiger partial charge in [-0.25, -0.2) is 0 Å². The Morgan fingerprint density at radius 1 is 1.29 bits per heavy atom. The lowest BCUT2D eigenvalue weighted by molar-refractivity contribution is 0.0389. The molecule has 1 N–H and O–H groups in total. The van der Waals surface area contributed by atoms with Crippen molar-refractivity contribution < 1.29 is 9.84 Å². The average Bonchev–Trinajstić information content (AvgIpc) is 2.76. The predicted octanol–water partition coefficient (Wildman–Crippen LogP) is 3.63. The number of hydrogen-bond donors (Lipinski definition) is 1. The Labute approximate surface area is 104 Å². The first-order valence-electron chi connectivity index (χ1n) is 6.53. The predicted molar refractivity (Wildman–Crippen MR) is 69.3 cm³/mol. The molecule has 17 heavy (non-hydrogen) atoms. The van der Waals surface area contributed by atoms with E-state index in [4.69, 9.17) is 4.74 Å². The Balaban J connectivity index is 2.21. The van der Waals surface area contributed by atoms with Crippen LogP contribution in [-0.4, -0.2) is 17.8 Å². The number of aromatic hydroxyl groups is 1. The van der Waals surface area contributed by atoms with Crippen LogP contribution < -0.4 is 0 Å². The summed E-state index contributed by atoms with van der Waals surface area (Å²) >= 11 is 0. The fourth-order valence-electron chi connectivity index (χ4n) is 2.73. The SMILES string of the molecule is CC(C)OCC1(c2cccc(O)c2)CCCC1. The number of rotatable bonds is 4. The molecule has 0 atom stereocenters. The highest BCUT2D eigenvalue weighted by Crippen LogP contribution is 2.42. The van der Waals surface area contributed by atoms with E-state index in [1.165, 1.54) is 31.2 Å². The van der Waals surface area contributed by atoms with Gasteiger partial charge in [0.25, 0.3) is 0 Å². The summed E-state index contributed by atoms with van der Waals surface area (Å²) < 4.78 is 5.84. The summed E-state index contributed by atoms with van der Waals surface area (Å²) in [6.45, 7) is 4.92. The van der Waals surface area contributed by atoms with Crippen molar-refractivity contribution in [1.29, 1.82) is 0 Å². The molecule has 0 saturated heterocycles.